The number of rotatable bonds is 0. The summed E-state index contributed by atoms with van der Waals surface area (Å²) >= 11 is 0. The minimum absolute atomic E-state index is 0. The topological polar surface area (TPSA) is 0 Å². The Hall–Kier alpha value is 3.53. The molecule has 0 aliphatic rings. The zero-order valence-electron chi connectivity index (χ0n) is 9.58. The van der Waals surface area contributed by atoms with E-state index in [1.54, 1.807) is 0 Å². The van der Waals surface area contributed by atoms with Crippen LogP contribution in [0.1, 0.15) is 8.56 Å². The van der Waals surface area contributed by atoms with Crippen LogP contribution in [-0.4, -0.2) is 17.4 Å². The first-order valence-corrected chi connectivity index (χ1v) is 0. The second-order valence-electron chi connectivity index (χ2n) is 0. The van der Waals surface area contributed by atoms with Crippen LogP contribution < -0.4 is 88.7 Å². The fraction of sp³-hybridized carbons (Fsp3) is 0. The summed E-state index contributed by atoms with van der Waals surface area (Å²) in [6.45, 7) is 0. The summed E-state index contributed by atoms with van der Waals surface area (Å²) < 4.78 is 0. The molecule has 0 heterocycles. The molecule has 0 aliphatic carbocycles. The molecule has 0 spiro atoms. The molecule has 0 nitrogen and oxygen atoms in total. The van der Waals surface area contributed by atoms with E-state index in [1.807, 2.05) is 0 Å². The predicted octanol–water partition coefficient (Wildman–Crippen LogP) is -8.69. The first kappa shape index (κ1) is 25.8. The quantitative estimate of drug-likeness (QED) is 0.266. The second-order valence-corrected chi connectivity index (χ2v) is 0. The summed E-state index contributed by atoms with van der Waals surface area (Å²) in [5.74, 6) is 0. The van der Waals surface area contributed by atoms with Gasteiger partial charge in [-0.2, -0.15) is 0 Å². The van der Waals surface area contributed by atoms with Crippen molar-refractivity contribution in [1.29, 1.82) is 0 Å². The van der Waals surface area contributed by atoms with Crippen LogP contribution in [0.15, 0.2) is 0 Å². The van der Waals surface area contributed by atoms with Crippen molar-refractivity contribution in [1.82, 2.24) is 0 Å². The summed E-state index contributed by atoms with van der Waals surface area (Å²) in [4.78, 5) is 0. The third-order valence-electron chi connectivity index (χ3n) is 0. The largest absolute Gasteiger partial charge is 3.00 e. The summed E-state index contributed by atoms with van der Waals surface area (Å²) in [6.07, 6.45) is 0. The molecular weight excluding hydrogens is 96.0 g/mol. The van der Waals surface area contributed by atoms with Crippen LogP contribution in [0.4, 0.5) is 0 Å². The molecule has 0 unspecified atom stereocenters. The van der Waals surface area contributed by atoms with Crippen LogP contribution in [-0.2, 0) is 0 Å². The molecule has 0 aromatic carbocycles. The molecular formula is H6AlNa3. The van der Waals surface area contributed by atoms with Crippen molar-refractivity contribution in [3.63, 3.8) is 0 Å². The Morgan fingerprint density at radius 1 is 0.750 bits per heavy atom. The second kappa shape index (κ2) is 16.0. The fourth-order valence-electron chi connectivity index (χ4n) is 0. The Morgan fingerprint density at radius 3 is 0.750 bits per heavy atom. The monoisotopic (exact) mass is 102 g/mol. The zero-order chi connectivity index (χ0) is 0. The molecule has 0 aromatic heterocycles. The normalized spacial score (nSPS) is 0. The van der Waals surface area contributed by atoms with Crippen LogP contribution in [0.2, 0.25) is 0 Å². The molecule has 0 radical (unpaired) electrons. The van der Waals surface area contributed by atoms with E-state index in [-0.39, 0.29) is 115 Å². The molecule has 4 heavy (non-hydrogen) atoms. The maximum Gasteiger partial charge on any atom is 3.00 e. The van der Waals surface area contributed by atoms with E-state index in [1.165, 1.54) is 0 Å². The molecule has 4 heteroatoms. The van der Waals surface area contributed by atoms with Gasteiger partial charge in [0.1, 0.15) is 0 Å². The van der Waals surface area contributed by atoms with Crippen LogP contribution in [0.3, 0.4) is 0 Å². The van der Waals surface area contributed by atoms with Crippen molar-refractivity contribution in [2.24, 2.45) is 0 Å². The van der Waals surface area contributed by atoms with Gasteiger partial charge in [-0.1, -0.05) is 0 Å². The summed E-state index contributed by atoms with van der Waals surface area (Å²) in [5, 5.41) is 0. The summed E-state index contributed by atoms with van der Waals surface area (Å²) in [5.41, 5.74) is 0. The average molecular weight is 102 g/mol. The van der Waals surface area contributed by atoms with Gasteiger partial charge in [0.2, 0.25) is 0 Å². The molecule has 0 bridgehead atoms. The molecule has 0 rings (SSSR count). The third kappa shape index (κ3) is 9.11. The molecule has 0 saturated carbocycles. The van der Waals surface area contributed by atoms with Crippen molar-refractivity contribution < 1.29 is 97.2 Å². The first-order valence-electron chi connectivity index (χ1n) is 0. The van der Waals surface area contributed by atoms with Gasteiger partial charge in [-0.15, -0.1) is 0 Å². The molecule has 0 aromatic rings. The number of hydrogen-bond donors (Lipinski definition) is 0. The van der Waals surface area contributed by atoms with Gasteiger partial charge in [-0.05, 0) is 0 Å². The Balaban J connectivity index is 0. The summed E-state index contributed by atoms with van der Waals surface area (Å²) in [7, 11) is 0. The first-order chi connectivity index (χ1) is 0. The Labute approximate surface area is 112 Å². The van der Waals surface area contributed by atoms with E-state index in [2.05, 4.69) is 0 Å². The van der Waals surface area contributed by atoms with Gasteiger partial charge in [0.15, 0.2) is 0 Å². The Morgan fingerprint density at radius 2 is 0.750 bits per heavy atom. The zero-order valence-corrected chi connectivity index (χ0v) is 10.7. The van der Waals surface area contributed by atoms with E-state index >= 15 is 0 Å². The van der Waals surface area contributed by atoms with E-state index in [0.717, 1.165) is 0 Å². The molecule has 0 saturated heterocycles. The van der Waals surface area contributed by atoms with Gasteiger partial charge in [0, 0.05) is 0 Å². The van der Waals surface area contributed by atoms with Crippen molar-refractivity contribution in [3.8, 4) is 0 Å². The standard InChI is InChI=1S/Al.3Na.6H/q+3;3*+1;6*-1. The third-order valence-corrected chi connectivity index (χ3v) is 0. The predicted molar refractivity (Wildman–Crippen MR) is 12.4 cm³/mol. The van der Waals surface area contributed by atoms with Crippen molar-refractivity contribution in [2.75, 3.05) is 0 Å². The molecule has 12 valence electrons. The van der Waals surface area contributed by atoms with E-state index in [0.29, 0.717) is 0 Å². The van der Waals surface area contributed by atoms with Gasteiger partial charge in [0.05, 0.1) is 0 Å². The van der Waals surface area contributed by atoms with Crippen LogP contribution in [0, 0.1) is 0 Å². The SMILES string of the molecule is [Al+3].[H-].[H-].[H-].[H-].[H-].[H-].[Na+].[Na+].[Na+]. The van der Waals surface area contributed by atoms with Crippen molar-refractivity contribution in [3.05, 3.63) is 0 Å². The smallest absolute Gasteiger partial charge is 1.00 e. The van der Waals surface area contributed by atoms with Crippen molar-refractivity contribution in [2.45, 2.75) is 0 Å². The molecule has 0 N–H and O–H groups in total. The van der Waals surface area contributed by atoms with Gasteiger partial charge in [-0.3, -0.25) is 0 Å². The van der Waals surface area contributed by atoms with Crippen molar-refractivity contribution >= 4 is 17.4 Å². The minimum atomic E-state index is 0. The van der Waals surface area contributed by atoms with Gasteiger partial charge in [0.25, 0.3) is 0 Å². The maximum atomic E-state index is 0. The minimum Gasteiger partial charge on any atom is -1.00 e. The summed E-state index contributed by atoms with van der Waals surface area (Å²) in [6, 6.07) is 0. The van der Waals surface area contributed by atoms with Crippen LogP contribution in [0.5, 0.6) is 0 Å². The molecule has 0 fully saturated rings. The molecule has 0 amide bonds. The molecule has 0 atom stereocenters. The van der Waals surface area contributed by atoms with Gasteiger partial charge in [-0.25, -0.2) is 0 Å². The number of hydrogen-bond acceptors (Lipinski definition) is 0. The molecule has 0 aliphatic heterocycles. The maximum absolute atomic E-state index is 0. The van der Waals surface area contributed by atoms with Gasteiger partial charge >= 0.3 is 106 Å². The Kier molecular flexibility index (Phi) is 103. The van der Waals surface area contributed by atoms with Crippen LogP contribution >= 0.6 is 0 Å². The van der Waals surface area contributed by atoms with Crippen LogP contribution in [0.25, 0.3) is 0 Å². The van der Waals surface area contributed by atoms with E-state index in [9.17, 15) is 0 Å². The Bertz CT molecular complexity index is 13.0. The van der Waals surface area contributed by atoms with E-state index < -0.39 is 0 Å². The van der Waals surface area contributed by atoms with Gasteiger partial charge < -0.3 is 8.56 Å². The van der Waals surface area contributed by atoms with E-state index in [4.69, 9.17) is 0 Å². The fourth-order valence-corrected chi connectivity index (χ4v) is 0. The average Bonchev–Trinajstić information content (AvgIpc) is 0.